The molecule has 0 bridgehead atoms. The molecule has 4 rings (SSSR count). The van der Waals surface area contributed by atoms with Crippen LogP contribution in [0.4, 0.5) is 5.82 Å². The van der Waals surface area contributed by atoms with Crippen LogP contribution in [-0.2, 0) is 26.6 Å². The van der Waals surface area contributed by atoms with E-state index >= 15 is 0 Å². The third-order valence-corrected chi connectivity index (χ3v) is 7.68. The van der Waals surface area contributed by atoms with Crippen molar-refractivity contribution in [3.63, 3.8) is 0 Å². The second kappa shape index (κ2) is 13.2. The fourth-order valence-electron chi connectivity index (χ4n) is 4.63. The number of rotatable bonds is 9. The van der Waals surface area contributed by atoms with Crippen LogP contribution < -0.4 is 4.90 Å². The number of aromatic nitrogens is 2. The number of ether oxygens (including phenoxy) is 2. The van der Waals surface area contributed by atoms with Gasteiger partial charge in [-0.25, -0.2) is 9.97 Å². The summed E-state index contributed by atoms with van der Waals surface area (Å²) in [7, 11) is 3.81. The molecule has 200 valence electrons. The van der Waals surface area contributed by atoms with E-state index in [9.17, 15) is 9.59 Å². The Kier molecular flexibility index (Phi) is 9.76. The first-order chi connectivity index (χ1) is 18.0. The zero-order valence-corrected chi connectivity index (χ0v) is 22.8. The number of likely N-dealkylation sites (tertiary alicyclic amines) is 1. The van der Waals surface area contributed by atoms with Crippen molar-refractivity contribution in [1.29, 1.82) is 0 Å². The van der Waals surface area contributed by atoms with Crippen LogP contribution in [0, 0.1) is 5.92 Å². The summed E-state index contributed by atoms with van der Waals surface area (Å²) in [5.74, 6) is 1.15. The zero-order valence-electron chi connectivity index (χ0n) is 22.0. The first-order valence-electron chi connectivity index (χ1n) is 12.9. The van der Waals surface area contributed by atoms with Crippen LogP contribution in [0.5, 0.6) is 0 Å². The van der Waals surface area contributed by atoms with Crippen LogP contribution in [0.15, 0.2) is 35.5 Å². The topological polar surface area (TPSA) is 88.1 Å². The first-order valence-corrected chi connectivity index (χ1v) is 13.9. The average Bonchev–Trinajstić information content (AvgIpc) is 2.92. The van der Waals surface area contributed by atoms with E-state index in [1.54, 1.807) is 30.7 Å². The van der Waals surface area contributed by atoms with E-state index in [2.05, 4.69) is 21.8 Å². The Hall–Kier alpha value is -2.69. The molecule has 1 atom stereocenters. The molecule has 1 unspecified atom stereocenters. The van der Waals surface area contributed by atoms with E-state index in [4.69, 9.17) is 14.5 Å². The summed E-state index contributed by atoms with van der Waals surface area (Å²) in [6.45, 7) is 7.60. The highest BCUT2D eigenvalue weighted by Gasteiger charge is 2.29. The summed E-state index contributed by atoms with van der Waals surface area (Å²) < 4.78 is 10.5. The van der Waals surface area contributed by atoms with Crippen molar-refractivity contribution in [1.82, 2.24) is 19.8 Å². The monoisotopic (exact) mass is 527 g/mol. The molecule has 0 radical (unpaired) electrons. The molecule has 2 saturated heterocycles. The molecule has 2 aromatic rings. The molecule has 0 N–H and O–H groups in total. The Labute approximate surface area is 223 Å². The fourth-order valence-corrected chi connectivity index (χ4v) is 5.46. The number of piperidine rings is 1. The minimum atomic E-state index is -0.238. The van der Waals surface area contributed by atoms with E-state index in [0.717, 1.165) is 61.3 Å². The van der Waals surface area contributed by atoms with Gasteiger partial charge >= 0.3 is 5.97 Å². The van der Waals surface area contributed by atoms with Crippen molar-refractivity contribution in [2.24, 2.45) is 5.92 Å². The average molecular weight is 528 g/mol. The van der Waals surface area contributed by atoms with Crippen LogP contribution in [0.2, 0.25) is 0 Å². The van der Waals surface area contributed by atoms with Gasteiger partial charge < -0.3 is 24.2 Å². The quantitative estimate of drug-likeness (QED) is 0.277. The Morgan fingerprint density at radius 3 is 2.54 bits per heavy atom. The smallest absolute Gasteiger partial charge is 0.310 e. The van der Waals surface area contributed by atoms with Crippen molar-refractivity contribution in [2.45, 2.75) is 37.3 Å². The largest absolute Gasteiger partial charge is 0.466 e. The van der Waals surface area contributed by atoms with Crippen LogP contribution in [0.25, 0.3) is 0 Å². The van der Waals surface area contributed by atoms with Gasteiger partial charge in [-0.1, -0.05) is 23.9 Å². The van der Waals surface area contributed by atoms with Crippen LogP contribution in [-0.4, -0.2) is 91.7 Å². The Balaban J connectivity index is 1.37. The van der Waals surface area contributed by atoms with E-state index in [0.29, 0.717) is 37.6 Å². The molecule has 3 heterocycles. The number of hydrogen-bond acceptors (Lipinski definition) is 9. The Morgan fingerprint density at radius 1 is 1.08 bits per heavy atom. The summed E-state index contributed by atoms with van der Waals surface area (Å²) in [4.78, 5) is 41.1. The van der Waals surface area contributed by atoms with Crippen LogP contribution >= 0.6 is 11.8 Å². The Morgan fingerprint density at radius 2 is 1.84 bits per heavy atom. The predicted molar refractivity (Wildman–Crippen MR) is 144 cm³/mol. The number of benzene rings is 1. The molecule has 9 nitrogen and oxygen atoms in total. The lowest BCUT2D eigenvalue weighted by atomic mass is 9.97. The minimum Gasteiger partial charge on any atom is -0.466 e. The molecule has 1 amide bonds. The van der Waals surface area contributed by atoms with E-state index in [-0.39, 0.29) is 17.8 Å². The van der Waals surface area contributed by atoms with Crippen molar-refractivity contribution < 1.29 is 19.1 Å². The highest BCUT2D eigenvalue weighted by Crippen LogP contribution is 2.25. The van der Waals surface area contributed by atoms with Gasteiger partial charge in [-0.05, 0) is 44.5 Å². The van der Waals surface area contributed by atoms with Crippen LogP contribution in [0.1, 0.15) is 41.4 Å². The van der Waals surface area contributed by atoms with Gasteiger partial charge in [0.15, 0.2) is 5.16 Å². The highest BCUT2D eigenvalue weighted by molar-refractivity contribution is 7.98. The standard InChI is InChI=1S/C27H37N5O4S/c1-4-36-26(34)22-6-5-11-32(17-22)25(33)21-9-7-20(8-10-21)19-37-27-28-23(18-35-3)16-24(29-27)31-14-12-30(2)13-15-31/h7-10,16,22H,4-6,11-15,17-19H2,1-3H3. The molecule has 0 saturated carbocycles. The number of thioether (sulfide) groups is 1. The number of esters is 1. The van der Waals surface area contributed by atoms with Crippen molar-refractivity contribution >= 4 is 29.5 Å². The number of hydrogen-bond donors (Lipinski definition) is 0. The lowest BCUT2D eigenvalue weighted by Crippen LogP contribution is -2.44. The lowest BCUT2D eigenvalue weighted by Gasteiger charge is -2.33. The SMILES string of the molecule is CCOC(=O)C1CCCN(C(=O)c2ccc(CSc3nc(COC)cc(N4CCN(C)CC4)n3)cc2)C1. The fraction of sp³-hybridized carbons (Fsp3) is 0.556. The van der Waals surface area contributed by atoms with Gasteiger partial charge in [-0.2, -0.15) is 0 Å². The highest BCUT2D eigenvalue weighted by atomic mass is 32.2. The summed E-state index contributed by atoms with van der Waals surface area (Å²) in [6, 6.07) is 9.71. The molecule has 10 heteroatoms. The summed E-state index contributed by atoms with van der Waals surface area (Å²) >= 11 is 1.58. The van der Waals surface area contributed by atoms with Gasteiger partial charge in [-0.15, -0.1) is 0 Å². The molecule has 0 aliphatic carbocycles. The molecule has 2 fully saturated rings. The zero-order chi connectivity index (χ0) is 26.2. The molecule has 37 heavy (non-hydrogen) atoms. The maximum absolute atomic E-state index is 13.1. The summed E-state index contributed by atoms with van der Waals surface area (Å²) in [5.41, 5.74) is 2.60. The molecule has 0 spiro atoms. The number of nitrogens with zero attached hydrogens (tertiary/aromatic N) is 5. The van der Waals surface area contributed by atoms with Gasteiger partial charge in [0, 0.05) is 63.8 Å². The molecule has 1 aromatic heterocycles. The van der Waals surface area contributed by atoms with Gasteiger partial charge in [0.1, 0.15) is 5.82 Å². The number of amides is 1. The molecule has 1 aromatic carbocycles. The second-order valence-corrected chi connectivity index (χ2v) is 10.5. The lowest BCUT2D eigenvalue weighted by molar-refractivity contribution is -0.149. The summed E-state index contributed by atoms with van der Waals surface area (Å²) in [6.07, 6.45) is 1.57. The molecule has 2 aliphatic heterocycles. The molecular weight excluding hydrogens is 490 g/mol. The number of carbonyl (C=O) groups excluding carboxylic acids is 2. The third-order valence-electron chi connectivity index (χ3n) is 6.76. The van der Waals surface area contributed by atoms with Gasteiger partial charge in [0.25, 0.3) is 5.91 Å². The number of carbonyl (C=O) groups is 2. The van der Waals surface area contributed by atoms with E-state index < -0.39 is 0 Å². The third kappa shape index (κ3) is 7.43. The molecular formula is C27H37N5O4S. The number of likely N-dealkylation sites (N-methyl/N-ethyl adjacent to an activating group) is 1. The first kappa shape index (κ1) is 27.3. The predicted octanol–water partition coefficient (Wildman–Crippen LogP) is 3.08. The number of anilines is 1. The van der Waals surface area contributed by atoms with Crippen molar-refractivity contribution in [3.8, 4) is 0 Å². The second-order valence-electron chi connectivity index (χ2n) is 9.55. The maximum Gasteiger partial charge on any atom is 0.310 e. The number of methoxy groups -OCH3 is 1. The van der Waals surface area contributed by atoms with Crippen LogP contribution in [0.3, 0.4) is 0 Å². The van der Waals surface area contributed by atoms with Crippen molar-refractivity contribution in [3.05, 3.63) is 47.2 Å². The Bertz CT molecular complexity index is 1060. The van der Waals surface area contributed by atoms with Crippen molar-refractivity contribution in [2.75, 3.05) is 64.9 Å². The van der Waals surface area contributed by atoms with E-state index in [1.807, 2.05) is 30.3 Å². The minimum absolute atomic E-state index is 0.0411. The number of piperazine rings is 1. The normalized spacial score (nSPS) is 18.6. The van der Waals surface area contributed by atoms with Gasteiger partial charge in [-0.3, -0.25) is 9.59 Å². The molecule has 2 aliphatic rings. The maximum atomic E-state index is 13.1. The summed E-state index contributed by atoms with van der Waals surface area (Å²) in [5, 5.41) is 0.724. The van der Waals surface area contributed by atoms with E-state index in [1.165, 1.54) is 0 Å². The van der Waals surface area contributed by atoms with Gasteiger partial charge in [0.2, 0.25) is 0 Å². The van der Waals surface area contributed by atoms with Gasteiger partial charge in [0.05, 0.1) is 24.8 Å².